The van der Waals surface area contributed by atoms with E-state index >= 15 is 0 Å². The fourth-order valence-electron chi connectivity index (χ4n) is 16.0. The highest BCUT2D eigenvalue weighted by molar-refractivity contribution is 6.40. The van der Waals surface area contributed by atoms with E-state index in [1.807, 2.05) is 108 Å². The molecular weight excluding hydrogens is 1850 g/mol. The highest BCUT2D eigenvalue weighted by Gasteiger charge is 2.59. The Morgan fingerprint density at radius 1 is 0.457 bits per heavy atom. The van der Waals surface area contributed by atoms with Gasteiger partial charge in [-0.3, -0.25) is 0 Å². The Kier molecular flexibility index (Phi) is 35.7. The quantitative estimate of drug-likeness (QED) is 0.0289. The van der Waals surface area contributed by atoms with E-state index < -0.39 is 17.4 Å². The number of ether oxygens (including phenoxy) is 6. The van der Waals surface area contributed by atoms with E-state index in [9.17, 15) is 24.8 Å². The standard InChI is InChI=1S/C31H29Cl3N2O4.C31H25Cl3N2O4.C30H27Cl3N2O4.C4H8O.C2H6O.B.ClH/c2*1-17(2)29-22(28(36-40-29)27-24(32)5-4-6-25(27)33)15-39-20-11-12-21(26(34)13-20)23-14-31(23,16-35)19-9-7-18(8-10-19)30(37)38-3;1-16(2)28-21(27(35-39-28)26-23(31)4-3-5-24(26)32)14-38-19-10-11-20(25(33)12-19)22-13-30(22,15-34)18-8-6-17(7-9-18)29(36)37;1-2-4-5-3-1;1-2-3;;/h4-13,17,23H,14-16,35H2,1-3H3;4-13,17,23H,14-15H2,1-3H3;3-12,16,22H,13-15,34H2,1-2H3,(H,36,37);1-4H2;3H,2H2,1H3;;1H. The van der Waals surface area contributed by atoms with Gasteiger partial charge in [0.05, 0.1) is 89.2 Å². The summed E-state index contributed by atoms with van der Waals surface area (Å²) in [6.45, 7) is 17.5. The van der Waals surface area contributed by atoms with E-state index in [1.165, 1.54) is 27.1 Å². The molecule has 4 fully saturated rings. The Morgan fingerprint density at radius 3 is 1.01 bits per heavy atom. The Bertz CT molecular complexity index is 5900. The second-order valence-electron chi connectivity index (χ2n) is 32.0. The summed E-state index contributed by atoms with van der Waals surface area (Å²) in [6, 6.07) is 56.5. The van der Waals surface area contributed by atoms with Crippen molar-refractivity contribution in [3.05, 3.63) is 311 Å². The number of carbonyl (C=O) groups is 3. The lowest BCUT2D eigenvalue weighted by atomic mass is 9.90. The minimum atomic E-state index is -0.955. The van der Waals surface area contributed by atoms with Gasteiger partial charge < -0.3 is 63.7 Å². The maximum atomic E-state index is 11.8. The maximum Gasteiger partial charge on any atom is 0.337 e. The third-order valence-electron chi connectivity index (χ3n) is 23.1. The predicted octanol–water partition coefficient (Wildman–Crippen LogP) is 25.8. The van der Waals surface area contributed by atoms with Crippen LogP contribution in [0.3, 0.4) is 0 Å². The zero-order valence-corrected chi connectivity index (χ0v) is 79.7. The first kappa shape index (κ1) is 102. The van der Waals surface area contributed by atoms with E-state index in [0.717, 1.165) is 76.1 Å². The average Bonchev–Trinajstić information content (AvgIpc) is 1.57. The van der Waals surface area contributed by atoms with Crippen LogP contribution in [0.5, 0.6) is 17.2 Å². The molecule has 4 heterocycles. The molecule has 0 bridgehead atoms. The molecule has 675 valence electrons. The normalized spacial score (nSPS) is 17.8. The smallest absolute Gasteiger partial charge is 0.337 e. The monoisotopic (exact) mass is 1940 g/mol. The van der Waals surface area contributed by atoms with Crippen molar-refractivity contribution in [2.45, 2.75) is 152 Å². The van der Waals surface area contributed by atoms with Crippen LogP contribution in [-0.4, -0.2) is 99.1 Å². The van der Waals surface area contributed by atoms with Crippen molar-refractivity contribution in [2.24, 2.45) is 11.5 Å². The minimum Gasteiger partial charge on any atom is -0.489 e. The van der Waals surface area contributed by atoms with Crippen molar-refractivity contribution in [3.8, 4) is 57.1 Å². The van der Waals surface area contributed by atoms with Gasteiger partial charge in [0.15, 0.2) is 0 Å². The highest BCUT2D eigenvalue weighted by Crippen LogP contribution is 2.64. The number of halogens is 10. The van der Waals surface area contributed by atoms with Crippen LogP contribution in [0.1, 0.15) is 215 Å². The fourth-order valence-corrected chi connectivity index (χ4v) is 18.7. The van der Waals surface area contributed by atoms with E-state index in [2.05, 4.69) is 21.5 Å². The number of methoxy groups -OCH3 is 2. The number of carboxylic acid groups (broad SMARTS) is 1. The van der Waals surface area contributed by atoms with Gasteiger partial charge in [0.1, 0.15) is 71.4 Å². The molecule has 6 unspecified atom stereocenters. The zero-order valence-electron chi connectivity index (χ0n) is 72.1. The molecule has 0 amide bonds. The number of esters is 2. The van der Waals surface area contributed by atoms with Gasteiger partial charge in [0.2, 0.25) is 0 Å². The van der Waals surface area contributed by atoms with E-state index in [1.54, 1.807) is 122 Å². The van der Waals surface area contributed by atoms with E-state index in [4.69, 9.17) is 163 Å². The maximum absolute atomic E-state index is 11.8. The summed E-state index contributed by atoms with van der Waals surface area (Å²) in [5.41, 5.74) is 24.0. The lowest BCUT2D eigenvalue weighted by molar-refractivity contribution is 0.0592. The molecule has 6 atom stereocenters. The molecule has 6 N–H and O–H groups in total. The van der Waals surface area contributed by atoms with E-state index in [0.29, 0.717) is 144 Å². The highest BCUT2D eigenvalue weighted by atomic mass is 35.5. The predicted molar refractivity (Wildman–Crippen MR) is 511 cm³/mol. The first-order chi connectivity index (χ1) is 61.0. The SMILES string of the molecule is C1CCOC1.CC(C)c1onc(-c2c(Cl)cccc2Cl)c1COc1ccc(C2CC2(CN)c2ccc(C(=O)O)cc2)c(Cl)c1.CCO.COC(=O)c1ccc(C2(C#N)CC2c2ccc(OCc3c(-c4c(Cl)cccc4Cl)noc3C(C)C)cc2Cl)cc1.COC(=O)c1ccc(C2(CN)CC2c2ccc(OCc3c(-c4c(Cl)cccc4Cl)noc3C(C)C)cc2Cl)cc1.Cl.[B]. The molecule has 3 aromatic heterocycles. The number of aromatic nitrogens is 3. The molecule has 129 heavy (non-hydrogen) atoms. The van der Waals surface area contributed by atoms with Crippen LogP contribution in [0.2, 0.25) is 45.2 Å². The molecule has 31 heteroatoms. The third-order valence-corrected chi connectivity index (χ3v) is 26.0. The second-order valence-corrected chi connectivity index (χ2v) is 35.7. The van der Waals surface area contributed by atoms with Gasteiger partial charge in [0.25, 0.3) is 0 Å². The van der Waals surface area contributed by atoms with Gasteiger partial charge in [-0.05, 0) is 193 Å². The number of aliphatic hydroxyl groups excluding tert-OH is 1. The van der Waals surface area contributed by atoms with Crippen molar-refractivity contribution in [1.29, 1.82) is 5.26 Å². The van der Waals surface area contributed by atoms with Gasteiger partial charge >= 0.3 is 17.9 Å². The van der Waals surface area contributed by atoms with Crippen LogP contribution in [0.4, 0.5) is 0 Å². The summed E-state index contributed by atoms with van der Waals surface area (Å²) >= 11 is 59.0. The second kappa shape index (κ2) is 45.2. The molecule has 0 spiro atoms. The molecule has 12 aromatic rings. The zero-order chi connectivity index (χ0) is 91.3. The van der Waals surface area contributed by atoms with Gasteiger partial charge in [-0.2, -0.15) is 5.26 Å². The first-order valence-corrected chi connectivity index (χ1v) is 44.6. The summed E-state index contributed by atoms with van der Waals surface area (Å²) in [4.78, 5) is 34.8. The summed E-state index contributed by atoms with van der Waals surface area (Å²) < 4.78 is 50.1. The number of nitrogens with two attached hydrogens (primary N) is 2. The number of benzene rings is 9. The Labute approximate surface area is 803 Å². The van der Waals surface area contributed by atoms with Gasteiger partial charge in [-0.15, -0.1) is 12.4 Å². The number of aromatic carboxylic acids is 1. The number of hydrogen-bond acceptors (Lipinski definition) is 19. The van der Waals surface area contributed by atoms with Crippen molar-refractivity contribution < 1.29 is 66.6 Å². The number of nitriles is 1. The fraction of sp³-hybridized carbons (Fsp3) is 0.316. The molecule has 1 saturated heterocycles. The lowest BCUT2D eigenvalue weighted by Gasteiger charge is -2.17. The van der Waals surface area contributed by atoms with E-state index in [-0.39, 0.29) is 105 Å². The van der Waals surface area contributed by atoms with Crippen molar-refractivity contribution >= 4 is 143 Å². The molecule has 3 aliphatic carbocycles. The molecule has 3 radical (unpaired) electrons. The van der Waals surface area contributed by atoms with Crippen LogP contribution in [0.25, 0.3) is 33.8 Å². The Morgan fingerprint density at radius 2 is 0.752 bits per heavy atom. The van der Waals surface area contributed by atoms with Crippen LogP contribution >= 0.6 is 117 Å². The molecule has 9 aromatic carbocycles. The van der Waals surface area contributed by atoms with Gasteiger partial charge in [-0.25, -0.2) is 14.4 Å². The summed E-state index contributed by atoms with van der Waals surface area (Å²) in [7, 11) is 2.70. The van der Waals surface area contributed by atoms with Crippen LogP contribution < -0.4 is 25.7 Å². The van der Waals surface area contributed by atoms with Crippen molar-refractivity contribution in [3.63, 3.8) is 0 Å². The average molecular weight is 1950 g/mol. The van der Waals surface area contributed by atoms with Crippen molar-refractivity contribution in [1.82, 2.24) is 15.5 Å². The molecular formula is C98H96BCl10N6O14. The number of aliphatic hydroxyl groups is 1. The number of carbonyl (C=O) groups excluding carboxylic acids is 2. The molecule has 20 nitrogen and oxygen atoms in total. The summed E-state index contributed by atoms with van der Waals surface area (Å²) in [5, 5.41) is 44.3. The summed E-state index contributed by atoms with van der Waals surface area (Å²) in [6.07, 6.45) is 4.87. The molecule has 4 aliphatic rings. The minimum absolute atomic E-state index is 0. The van der Waals surface area contributed by atoms with Crippen LogP contribution in [0.15, 0.2) is 196 Å². The Hall–Kier alpha value is -9.29. The van der Waals surface area contributed by atoms with Crippen LogP contribution in [-0.2, 0) is 50.3 Å². The summed E-state index contributed by atoms with van der Waals surface area (Å²) in [5.74, 6) is 2.52. The number of rotatable bonds is 26. The third kappa shape index (κ3) is 22.7. The molecule has 3 saturated carbocycles. The first-order valence-electron chi connectivity index (χ1n) is 41.2. The van der Waals surface area contributed by atoms with Crippen LogP contribution in [0, 0.1) is 11.3 Å². The number of hydrogen-bond donors (Lipinski definition) is 4. The number of nitrogens with zero attached hydrogens (tertiary/aromatic N) is 4. The molecule has 16 rings (SSSR count). The number of carboxylic acids is 1. The lowest BCUT2D eigenvalue weighted by Crippen LogP contribution is -2.22. The Balaban J connectivity index is 0.000000191. The molecule has 1 aliphatic heterocycles. The topological polar surface area (TPSA) is 301 Å². The van der Waals surface area contributed by atoms with Crippen molar-refractivity contribution in [2.75, 3.05) is 47.1 Å². The van der Waals surface area contributed by atoms with Gasteiger partial charge in [0, 0.05) is 108 Å². The van der Waals surface area contributed by atoms with Gasteiger partial charge in [-0.1, -0.05) is 234 Å². The largest absolute Gasteiger partial charge is 0.489 e.